The number of primary amides is 1. The molecule has 1 aliphatic carbocycles. The van der Waals surface area contributed by atoms with Gasteiger partial charge in [-0.25, -0.2) is 14.8 Å². The second-order valence-electron chi connectivity index (χ2n) is 11.0. The number of anilines is 3. The van der Waals surface area contributed by atoms with E-state index in [1.165, 1.54) is 17.5 Å². The number of benzene rings is 1. The van der Waals surface area contributed by atoms with Crippen molar-refractivity contribution in [2.24, 2.45) is 5.73 Å². The van der Waals surface area contributed by atoms with Crippen LogP contribution in [-0.4, -0.2) is 43.6 Å². The molecule has 1 aromatic carbocycles. The molecule has 10 nitrogen and oxygen atoms in total. The predicted molar refractivity (Wildman–Crippen MR) is 150 cm³/mol. The van der Waals surface area contributed by atoms with Gasteiger partial charge in [0.2, 0.25) is 5.95 Å². The fourth-order valence-corrected chi connectivity index (χ4v) is 5.18. The molecule has 5 N–H and O–H groups in total. The Morgan fingerprint density at radius 2 is 1.74 bits per heavy atom. The van der Waals surface area contributed by atoms with Crippen molar-refractivity contribution in [3.05, 3.63) is 46.9 Å². The van der Waals surface area contributed by atoms with Crippen LogP contribution in [-0.2, 0) is 4.74 Å². The van der Waals surface area contributed by atoms with Gasteiger partial charge in [-0.1, -0.05) is 25.0 Å². The predicted octanol–water partition coefficient (Wildman–Crippen LogP) is 5.47. The van der Waals surface area contributed by atoms with E-state index in [0.29, 0.717) is 5.95 Å². The highest BCUT2D eigenvalue weighted by atomic mass is 32.1. The van der Waals surface area contributed by atoms with Crippen LogP contribution in [0.25, 0.3) is 11.3 Å². The summed E-state index contributed by atoms with van der Waals surface area (Å²) in [5.74, 6) is -0.0331. The number of rotatable bonds is 7. The van der Waals surface area contributed by atoms with Crippen LogP contribution in [0.15, 0.2) is 41.4 Å². The van der Waals surface area contributed by atoms with E-state index in [0.717, 1.165) is 42.6 Å². The second kappa shape index (κ2) is 10.6. The molecule has 3 aromatic rings. The Kier molecular flexibility index (Phi) is 7.59. The number of carbonyl (C=O) groups excluding carboxylic acids is 2. The number of alkyl carbamates (subject to hydrolysis) is 1. The van der Waals surface area contributed by atoms with E-state index in [9.17, 15) is 9.59 Å². The molecule has 202 valence electrons. The summed E-state index contributed by atoms with van der Waals surface area (Å²) in [4.78, 5) is 38.2. The SMILES string of the molecule is CC(C)(C)OC(=O)N[C@@]1(C)CCCC[C@@]1(C)Nc1ncc(C(N)=O)c(Nc2ccc(-c3cscn3)cc2)n1. The molecule has 1 aliphatic rings. The number of carbonyl (C=O) groups is 2. The third-order valence-corrected chi connectivity index (χ3v) is 7.50. The largest absolute Gasteiger partial charge is 0.444 e. The summed E-state index contributed by atoms with van der Waals surface area (Å²) in [5.41, 5.74) is 8.38. The second-order valence-corrected chi connectivity index (χ2v) is 11.7. The van der Waals surface area contributed by atoms with Gasteiger partial charge in [-0.05, 0) is 59.6 Å². The van der Waals surface area contributed by atoms with Crippen molar-refractivity contribution in [3.63, 3.8) is 0 Å². The van der Waals surface area contributed by atoms with E-state index in [4.69, 9.17) is 10.5 Å². The van der Waals surface area contributed by atoms with Crippen molar-refractivity contribution in [2.45, 2.75) is 77.0 Å². The first-order valence-corrected chi connectivity index (χ1v) is 13.5. The number of amides is 2. The average Bonchev–Trinajstić information content (AvgIpc) is 3.35. The lowest BCUT2D eigenvalue weighted by Crippen LogP contribution is -2.66. The van der Waals surface area contributed by atoms with E-state index < -0.39 is 28.7 Å². The number of nitrogens with two attached hydrogens (primary N) is 1. The van der Waals surface area contributed by atoms with Gasteiger partial charge in [-0.3, -0.25) is 4.79 Å². The Bertz CT molecular complexity index is 1290. The molecule has 1 saturated carbocycles. The van der Waals surface area contributed by atoms with Crippen molar-refractivity contribution in [3.8, 4) is 11.3 Å². The quantitative estimate of drug-likeness (QED) is 0.310. The Morgan fingerprint density at radius 1 is 1.05 bits per heavy atom. The van der Waals surface area contributed by atoms with E-state index in [-0.39, 0.29) is 11.4 Å². The first-order valence-electron chi connectivity index (χ1n) is 12.6. The number of ether oxygens (including phenoxy) is 1. The first kappa shape index (κ1) is 27.3. The highest BCUT2D eigenvalue weighted by Crippen LogP contribution is 2.39. The molecular weight excluding hydrogens is 502 g/mol. The van der Waals surface area contributed by atoms with Gasteiger partial charge >= 0.3 is 6.09 Å². The minimum absolute atomic E-state index is 0.169. The van der Waals surface area contributed by atoms with Crippen LogP contribution in [0.3, 0.4) is 0 Å². The van der Waals surface area contributed by atoms with Gasteiger partial charge in [-0.15, -0.1) is 11.3 Å². The van der Waals surface area contributed by atoms with Crippen LogP contribution >= 0.6 is 11.3 Å². The minimum atomic E-state index is -0.640. The van der Waals surface area contributed by atoms with Crippen molar-refractivity contribution < 1.29 is 14.3 Å². The third kappa shape index (κ3) is 6.21. The fourth-order valence-electron chi connectivity index (χ4n) is 4.62. The van der Waals surface area contributed by atoms with Crippen LogP contribution in [0.5, 0.6) is 0 Å². The lowest BCUT2D eigenvalue weighted by molar-refractivity contribution is 0.0373. The summed E-state index contributed by atoms with van der Waals surface area (Å²) in [6.07, 6.45) is 4.42. The monoisotopic (exact) mass is 537 g/mol. The Balaban J connectivity index is 1.58. The molecule has 0 bridgehead atoms. The summed E-state index contributed by atoms with van der Waals surface area (Å²) in [7, 11) is 0. The molecule has 2 aromatic heterocycles. The van der Waals surface area contributed by atoms with Crippen LogP contribution in [0.2, 0.25) is 0 Å². The minimum Gasteiger partial charge on any atom is -0.444 e. The number of thiazole rings is 1. The molecule has 2 amide bonds. The van der Waals surface area contributed by atoms with Crippen molar-refractivity contribution in [2.75, 3.05) is 10.6 Å². The molecular formula is C27H35N7O3S. The molecule has 11 heteroatoms. The number of nitrogens with one attached hydrogen (secondary N) is 3. The van der Waals surface area contributed by atoms with Crippen LogP contribution < -0.4 is 21.7 Å². The highest BCUT2D eigenvalue weighted by Gasteiger charge is 2.48. The van der Waals surface area contributed by atoms with Gasteiger partial charge in [0, 0.05) is 22.8 Å². The molecule has 0 unspecified atom stereocenters. The number of nitrogens with zero attached hydrogens (tertiary/aromatic N) is 3. The average molecular weight is 538 g/mol. The number of aromatic nitrogens is 3. The fraction of sp³-hybridized carbons (Fsp3) is 0.444. The van der Waals surface area contributed by atoms with E-state index in [1.807, 2.05) is 64.3 Å². The van der Waals surface area contributed by atoms with Gasteiger partial charge in [0.05, 0.1) is 22.3 Å². The zero-order chi connectivity index (χ0) is 27.6. The molecule has 2 heterocycles. The van der Waals surface area contributed by atoms with Crippen molar-refractivity contribution >= 4 is 40.8 Å². The van der Waals surface area contributed by atoms with Gasteiger partial charge in [0.1, 0.15) is 17.0 Å². The molecule has 0 saturated heterocycles. The standard InChI is InChI=1S/C27H35N7O3S/c1-25(2,3)37-24(36)34-27(5)13-7-6-12-26(27,4)33-23-29-14-19(21(28)35)22(32-23)31-18-10-8-17(9-11-18)20-15-38-16-30-20/h8-11,14-16H,6-7,12-13H2,1-5H3,(H2,28,35)(H,34,36)(H2,29,31,32,33)/t26-,27+/m1/s1. The maximum atomic E-state index is 12.7. The summed E-state index contributed by atoms with van der Waals surface area (Å²) in [6, 6.07) is 7.66. The lowest BCUT2D eigenvalue weighted by Gasteiger charge is -2.50. The first-order chi connectivity index (χ1) is 17.9. The zero-order valence-electron chi connectivity index (χ0n) is 22.4. The number of hydrogen-bond acceptors (Lipinski definition) is 9. The number of hydrogen-bond donors (Lipinski definition) is 4. The summed E-state index contributed by atoms with van der Waals surface area (Å²) in [5, 5.41) is 11.7. The Hall–Kier alpha value is -3.73. The van der Waals surface area contributed by atoms with Crippen LogP contribution in [0, 0.1) is 0 Å². The molecule has 1 fully saturated rings. The van der Waals surface area contributed by atoms with E-state index >= 15 is 0 Å². The molecule has 2 atom stereocenters. The van der Waals surface area contributed by atoms with Crippen molar-refractivity contribution in [1.29, 1.82) is 0 Å². The smallest absolute Gasteiger partial charge is 0.408 e. The summed E-state index contributed by atoms with van der Waals surface area (Å²) < 4.78 is 5.53. The molecule has 38 heavy (non-hydrogen) atoms. The highest BCUT2D eigenvalue weighted by molar-refractivity contribution is 7.07. The lowest BCUT2D eigenvalue weighted by atomic mass is 9.69. The normalized spacial score (nSPS) is 21.4. The summed E-state index contributed by atoms with van der Waals surface area (Å²) in [6.45, 7) is 9.55. The molecule has 0 spiro atoms. The Morgan fingerprint density at radius 3 is 2.34 bits per heavy atom. The van der Waals surface area contributed by atoms with Crippen LogP contribution in [0.1, 0.15) is 70.7 Å². The third-order valence-electron chi connectivity index (χ3n) is 6.92. The topological polar surface area (TPSA) is 144 Å². The van der Waals surface area contributed by atoms with Crippen LogP contribution in [0.4, 0.5) is 22.2 Å². The summed E-state index contributed by atoms with van der Waals surface area (Å²) >= 11 is 1.53. The zero-order valence-corrected chi connectivity index (χ0v) is 23.2. The Labute approximate surface area is 226 Å². The van der Waals surface area contributed by atoms with Crippen molar-refractivity contribution in [1.82, 2.24) is 20.3 Å². The van der Waals surface area contributed by atoms with Gasteiger partial charge in [0.25, 0.3) is 5.91 Å². The molecule has 0 radical (unpaired) electrons. The van der Waals surface area contributed by atoms with E-state index in [1.54, 1.807) is 5.51 Å². The maximum Gasteiger partial charge on any atom is 0.408 e. The van der Waals surface area contributed by atoms with Gasteiger partial charge < -0.3 is 26.4 Å². The van der Waals surface area contributed by atoms with Gasteiger partial charge in [-0.2, -0.15) is 4.98 Å². The van der Waals surface area contributed by atoms with E-state index in [2.05, 4.69) is 30.9 Å². The molecule has 4 rings (SSSR count). The van der Waals surface area contributed by atoms with Gasteiger partial charge in [0.15, 0.2) is 0 Å². The maximum absolute atomic E-state index is 12.7. The molecule has 0 aliphatic heterocycles.